The van der Waals surface area contributed by atoms with Crippen molar-refractivity contribution in [2.45, 2.75) is 26.7 Å². The molecule has 128 valence electrons. The van der Waals surface area contributed by atoms with E-state index in [1.807, 2.05) is 6.07 Å². The lowest BCUT2D eigenvalue weighted by Crippen LogP contribution is -2.26. The number of aromatic nitrogens is 2. The quantitative estimate of drug-likeness (QED) is 0.781. The third-order valence-electron chi connectivity index (χ3n) is 3.55. The number of halogens is 1. The second-order valence-electron chi connectivity index (χ2n) is 5.99. The molecule has 24 heavy (non-hydrogen) atoms. The zero-order chi connectivity index (χ0) is 17.4. The average Bonchev–Trinajstić information content (AvgIpc) is 2.57. The summed E-state index contributed by atoms with van der Waals surface area (Å²) < 4.78 is 13.5. The van der Waals surface area contributed by atoms with Crippen LogP contribution >= 0.6 is 0 Å². The zero-order valence-corrected chi connectivity index (χ0v) is 14.1. The number of rotatable bonds is 8. The van der Waals surface area contributed by atoms with Crippen molar-refractivity contribution in [3.8, 4) is 0 Å². The molecule has 0 aliphatic carbocycles. The molecule has 0 bridgehead atoms. The normalized spacial score (nSPS) is 10.7. The molecule has 1 aromatic heterocycles. The molecule has 0 aliphatic rings. The van der Waals surface area contributed by atoms with E-state index in [0.29, 0.717) is 42.5 Å². The van der Waals surface area contributed by atoms with Crippen LogP contribution in [0.25, 0.3) is 0 Å². The first-order valence-corrected chi connectivity index (χ1v) is 8.14. The number of anilines is 1. The van der Waals surface area contributed by atoms with Crippen molar-refractivity contribution in [3.63, 3.8) is 0 Å². The van der Waals surface area contributed by atoms with Crippen molar-refractivity contribution >= 4 is 11.7 Å². The molecular formula is C18H23FN4O. The lowest BCUT2D eigenvalue weighted by molar-refractivity contribution is 0.0946. The second kappa shape index (κ2) is 8.96. The second-order valence-corrected chi connectivity index (χ2v) is 5.99. The Morgan fingerprint density at radius 3 is 2.62 bits per heavy atom. The van der Waals surface area contributed by atoms with Gasteiger partial charge in [-0.3, -0.25) is 4.79 Å². The summed E-state index contributed by atoms with van der Waals surface area (Å²) in [6, 6.07) is 6.68. The maximum absolute atomic E-state index is 13.5. The summed E-state index contributed by atoms with van der Waals surface area (Å²) in [5.41, 5.74) is 0.942. The number of hydrogen-bond acceptors (Lipinski definition) is 4. The lowest BCUT2D eigenvalue weighted by Gasteiger charge is -2.08. The third-order valence-corrected chi connectivity index (χ3v) is 3.55. The van der Waals surface area contributed by atoms with Gasteiger partial charge in [0.2, 0.25) is 0 Å². The average molecular weight is 330 g/mol. The Hall–Kier alpha value is -2.50. The number of amides is 1. The summed E-state index contributed by atoms with van der Waals surface area (Å²) in [6.07, 6.45) is 4.43. The van der Waals surface area contributed by atoms with Gasteiger partial charge < -0.3 is 10.6 Å². The van der Waals surface area contributed by atoms with E-state index in [1.54, 1.807) is 12.1 Å². The molecule has 2 aromatic rings. The van der Waals surface area contributed by atoms with Crippen molar-refractivity contribution in [2.24, 2.45) is 5.92 Å². The maximum Gasteiger partial charge on any atom is 0.271 e. The highest BCUT2D eigenvalue weighted by Gasteiger charge is 2.08. The SMILES string of the molecule is CC(C)CCNC(=O)c1cnc(NCCc2ccccc2F)cn1. The van der Waals surface area contributed by atoms with Crippen LogP contribution in [0.4, 0.5) is 10.2 Å². The van der Waals surface area contributed by atoms with Crippen LogP contribution in [0.1, 0.15) is 36.3 Å². The summed E-state index contributed by atoms with van der Waals surface area (Å²) in [4.78, 5) is 20.2. The van der Waals surface area contributed by atoms with Gasteiger partial charge in [0.1, 0.15) is 17.3 Å². The van der Waals surface area contributed by atoms with Crippen LogP contribution in [0.15, 0.2) is 36.7 Å². The summed E-state index contributed by atoms with van der Waals surface area (Å²) in [7, 11) is 0. The predicted molar refractivity (Wildman–Crippen MR) is 92.4 cm³/mol. The number of nitrogens with zero attached hydrogens (tertiary/aromatic N) is 2. The Balaban J connectivity index is 1.79. The van der Waals surface area contributed by atoms with Gasteiger partial charge in [0, 0.05) is 13.1 Å². The minimum absolute atomic E-state index is 0.209. The Labute approximate surface area is 141 Å². The third kappa shape index (κ3) is 5.61. The van der Waals surface area contributed by atoms with E-state index in [9.17, 15) is 9.18 Å². The largest absolute Gasteiger partial charge is 0.368 e. The lowest BCUT2D eigenvalue weighted by atomic mass is 10.1. The summed E-state index contributed by atoms with van der Waals surface area (Å²) >= 11 is 0. The predicted octanol–water partition coefficient (Wildman–Crippen LogP) is 3.05. The van der Waals surface area contributed by atoms with Gasteiger partial charge in [-0.2, -0.15) is 0 Å². The zero-order valence-electron chi connectivity index (χ0n) is 14.1. The fourth-order valence-electron chi connectivity index (χ4n) is 2.13. The molecule has 1 heterocycles. The van der Waals surface area contributed by atoms with E-state index in [0.717, 1.165) is 6.42 Å². The fraction of sp³-hybridized carbons (Fsp3) is 0.389. The van der Waals surface area contributed by atoms with Crippen LogP contribution in [-0.4, -0.2) is 29.0 Å². The molecule has 0 unspecified atom stereocenters. The highest BCUT2D eigenvalue weighted by molar-refractivity contribution is 5.91. The summed E-state index contributed by atoms with van der Waals surface area (Å²) in [5.74, 6) is 0.669. The number of carbonyl (C=O) groups excluding carboxylic acids is 1. The number of hydrogen-bond donors (Lipinski definition) is 2. The standard InChI is InChI=1S/C18H23FN4O/c1-13(2)7-9-21-18(24)16-11-23-17(12-22-16)20-10-8-14-5-3-4-6-15(14)19/h3-6,11-13H,7-10H2,1-2H3,(H,20,23)(H,21,24). The molecule has 0 aliphatic heterocycles. The highest BCUT2D eigenvalue weighted by Crippen LogP contribution is 2.08. The van der Waals surface area contributed by atoms with Crippen LogP contribution in [0.3, 0.4) is 0 Å². The molecule has 6 heteroatoms. The van der Waals surface area contributed by atoms with Gasteiger partial charge in [0.25, 0.3) is 5.91 Å². The molecule has 5 nitrogen and oxygen atoms in total. The molecule has 1 aromatic carbocycles. The van der Waals surface area contributed by atoms with E-state index in [4.69, 9.17) is 0 Å². The minimum atomic E-state index is -0.221. The van der Waals surface area contributed by atoms with E-state index in [-0.39, 0.29) is 11.7 Å². The van der Waals surface area contributed by atoms with Gasteiger partial charge in [-0.25, -0.2) is 14.4 Å². The minimum Gasteiger partial charge on any atom is -0.368 e. The topological polar surface area (TPSA) is 66.9 Å². The van der Waals surface area contributed by atoms with Crippen molar-refractivity contribution in [3.05, 3.63) is 53.7 Å². The van der Waals surface area contributed by atoms with Crippen LogP contribution in [0.5, 0.6) is 0 Å². The van der Waals surface area contributed by atoms with Gasteiger partial charge in [0.05, 0.1) is 12.4 Å². The molecule has 0 atom stereocenters. The van der Waals surface area contributed by atoms with Crippen molar-refractivity contribution in [1.29, 1.82) is 0 Å². The van der Waals surface area contributed by atoms with Gasteiger partial charge in [0.15, 0.2) is 0 Å². The number of nitrogens with one attached hydrogen (secondary N) is 2. The summed E-state index contributed by atoms with van der Waals surface area (Å²) in [5, 5.41) is 5.89. The monoisotopic (exact) mass is 330 g/mol. The van der Waals surface area contributed by atoms with Crippen LogP contribution in [-0.2, 0) is 6.42 Å². The van der Waals surface area contributed by atoms with Gasteiger partial charge in [-0.15, -0.1) is 0 Å². The van der Waals surface area contributed by atoms with Crippen molar-refractivity contribution < 1.29 is 9.18 Å². The van der Waals surface area contributed by atoms with E-state index in [1.165, 1.54) is 18.5 Å². The summed E-state index contributed by atoms with van der Waals surface area (Å²) in [6.45, 7) is 5.37. The first-order chi connectivity index (χ1) is 11.6. The first-order valence-electron chi connectivity index (χ1n) is 8.14. The molecule has 2 N–H and O–H groups in total. The van der Waals surface area contributed by atoms with E-state index in [2.05, 4.69) is 34.4 Å². The molecule has 2 rings (SSSR count). The van der Waals surface area contributed by atoms with Crippen LogP contribution < -0.4 is 10.6 Å². The molecular weight excluding hydrogens is 307 g/mol. The number of benzene rings is 1. The molecule has 0 saturated carbocycles. The first kappa shape index (κ1) is 17.8. The molecule has 0 spiro atoms. The number of carbonyl (C=O) groups is 1. The Morgan fingerprint density at radius 1 is 1.17 bits per heavy atom. The maximum atomic E-state index is 13.5. The molecule has 0 saturated heterocycles. The Kier molecular flexibility index (Phi) is 6.66. The van der Waals surface area contributed by atoms with E-state index < -0.39 is 0 Å². The van der Waals surface area contributed by atoms with Crippen molar-refractivity contribution in [1.82, 2.24) is 15.3 Å². The van der Waals surface area contributed by atoms with Gasteiger partial charge >= 0.3 is 0 Å². The van der Waals surface area contributed by atoms with Crippen LogP contribution in [0, 0.1) is 11.7 Å². The molecule has 0 radical (unpaired) electrons. The van der Waals surface area contributed by atoms with Crippen molar-refractivity contribution in [2.75, 3.05) is 18.4 Å². The highest BCUT2D eigenvalue weighted by atomic mass is 19.1. The fourth-order valence-corrected chi connectivity index (χ4v) is 2.13. The Morgan fingerprint density at radius 2 is 1.96 bits per heavy atom. The Bertz CT molecular complexity index is 658. The van der Waals surface area contributed by atoms with Crippen LogP contribution in [0.2, 0.25) is 0 Å². The smallest absolute Gasteiger partial charge is 0.271 e. The van der Waals surface area contributed by atoms with Gasteiger partial charge in [-0.1, -0.05) is 32.0 Å². The van der Waals surface area contributed by atoms with E-state index >= 15 is 0 Å². The van der Waals surface area contributed by atoms with Gasteiger partial charge in [-0.05, 0) is 30.4 Å². The molecule has 0 fully saturated rings. The molecule has 1 amide bonds.